The summed E-state index contributed by atoms with van der Waals surface area (Å²) in [5, 5.41) is 9.61. The van der Waals surface area contributed by atoms with Gasteiger partial charge < -0.3 is 9.84 Å². The molecule has 2 atom stereocenters. The zero-order chi connectivity index (χ0) is 27.6. The molecule has 0 saturated carbocycles. The molecule has 2 unspecified atom stereocenters. The number of hydrogen-bond donors (Lipinski definition) is 1. The molecule has 0 aliphatic heterocycles. The van der Waals surface area contributed by atoms with Crippen LogP contribution in [0.1, 0.15) is 115 Å². The summed E-state index contributed by atoms with van der Waals surface area (Å²) in [6, 6.07) is 15.2. The first-order valence-corrected chi connectivity index (χ1v) is 15.0. The molecule has 0 aromatic heterocycles. The van der Waals surface area contributed by atoms with Gasteiger partial charge in [-0.1, -0.05) is 122 Å². The van der Waals surface area contributed by atoms with E-state index in [0.717, 1.165) is 24.8 Å². The van der Waals surface area contributed by atoms with Gasteiger partial charge in [0.2, 0.25) is 0 Å². The zero-order valence-electron chi connectivity index (χ0n) is 24.3. The molecule has 0 saturated heterocycles. The normalized spacial score (nSPS) is 13.2. The summed E-state index contributed by atoms with van der Waals surface area (Å²) in [5.41, 5.74) is 3.57. The van der Waals surface area contributed by atoms with Crippen molar-refractivity contribution >= 4 is 12.2 Å². The summed E-state index contributed by atoms with van der Waals surface area (Å²) in [6.07, 6.45) is 15.7. The number of nitrogens with zero attached hydrogens (tertiary/aromatic N) is 1. The highest BCUT2D eigenvalue weighted by molar-refractivity contribution is 5.78. The number of phenolic OH excluding ortho intramolecular Hbond substituents is 1. The van der Waals surface area contributed by atoms with Crippen molar-refractivity contribution < 1.29 is 14.6 Å². The van der Waals surface area contributed by atoms with Gasteiger partial charge in [-0.2, -0.15) is 0 Å². The van der Waals surface area contributed by atoms with Crippen LogP contribution in [0.15, 0.2) is 53.5 Å². The Bertz CT molecular complexity index is 918. The molecule has 2 aromatic carbocycles. The van der Waals surface area contributed by atoms with E-state index in [4.69, 9.17) is 9.73 Å². The molecule has 2 rings (SSSR count). The van der Waals surface area contributed by atoms with E-state index in [1.807, 2.05) is 18.3 Å². The van der Waals surface area contributed by atoms with Crippen LogP contribution in [0, 0.1) is 5.92 Å². The largest absolute Gasteiger partial charge is 0.508 e. The van der Waals surface area contributed by atoms with Crippen LogP contribution in [0.5, 0.6) is 5.75 Å². The average molecular weight is 522 g/mol. The number of rotatable bonds is 19. The number of aromatic hydroxyl groups is 1. The molecule has 4 nitrogen and oxygen atoms in total. The van der Waals surface area contributed by atoms with Crippen LogP contribution in [0.4, 0.5) is 0 Å². The molecular weight excluding hydrogens is 470 g/mol. The highest BCUT2D eigenvalue weighted by Crippen LogP contribution is 2.18. The van der Waals surface area contributed by atoms with Crippen LogP contribution < -0.4 is 0 Å². The molecule has 0 amide bonds. The van der Waals surface area contributed by atoms with Crippen molar-refractivity contribution in [3.63, 3.8) is 0 Å². The molecule has 0 spiro atoms. The minimum Gasteiger partial charge on any atom is -0.508 e. The number of unbranched alkanes of at least 4 members (excludes halogenated alkanes) is 9. The molecule has 0 aliphatic carbocycles. The third kappa shape index (κ3) is 13.3. The summed E-state index contributed by atoms with van der Waals surface area (Å²) in [7, 11) is 0. The van der Waals surface area contributed by atoms with Gasteiger partial charge in [-0.15, -0.1) is 0 Å². The number of carbonyl (C=O) groups excluding carboxylic acids is 1. The quantitative estimate of drug-likeness (QED) is 0.114. The van der Waals surface area contributed by atoms with E-state index in [0.29, 0.717) is 18.9 Å². The van der Waals surface area contributed by atoms with Crippen molar-refractivity contribution in [1.29, 1.82) is 0 Å². The summed E-state index contributed by atoms with van der Waals surface area (Å²) < 4.78 is 5.66. The van der Waals surface area contributed by atoms with Crippen molar-refractivity contribution in [3.8, 4) is 5.75 Å². The Morgan fingerprint density at radius 2 is 1.32 bits per heavy atom. The highest BCUT2D eigenvalue weighted by atomic mass is 16.5. The molecular formula is C34H51NO3. The Morgan fingerprint density at radius 1 is 0.789 bits per heavy atom. The van der Waals surface area contributed by atoms with Crippen LogP contribution in [-0.4, -0.2) is 29.9 Å². The van der Waals surface area contributed by atoms with E-state index in [-0.39, 0.29) is 17.6 Å². The van der Waals surface area contributed by atoms with E-state index in [1.54, 1.807) is 12.1 Å². The average Bonchev–Trinajstić information content (AvgIpc) is 2.91. The maximum Gasteiger partial charge on any atom is 0.331 e. The Balaban J connectivity index is 1.82. The van der Waals surface area contributed by atoms with Crippen molar-refractivity contribution in [2.75, 3.05) is 6.61 Å². The van der Waals surface area contributed by atoms with E-state index in [2.05, 4.69) is 52.0 Å². The third-order valence-corrected chi connectivity index (χ3v) is 7.10. The Labute approximate surface area is 231 Å². The molecule has 38 heavy (non-hydrogen) atoms. The first-order chi connectivity index (χ1) is 18.4. The lowest BCUT2D eigenvalue weighted by atomic mass is 9.97. The topological polar surface area (TPSA) is 58.9 Å². The number of phenols is 1. The van der Waals surface area contributed by atoms with Gasteiger partial charge in [-0.25, -0.2) is 4.79 Å². The second-order valence-corrected chi connectivity index (χ2v) is 11.1. The fraction of sp³-hybridized carbons (Fsp3) is 0.588. The summed E-state index contributed by atoms with van der Waals surface area (Å²) >= 11 is 0. The molecule has 0 fully saturated rings. The van der Waals surface area contributed by atoms with Gasteiger partial charge in [0.25, 0.3) is 0 Å². The smallest absolute Gasteiger partial charge is 0.331 e. The van der Waals surface area contributed by atoms with E-state index < -0.39 is 6.04 Å². The van der Waals surface area contributed by atoms with E-state index >= 15 is 0 Å². The number of aliphatic imine (C=N–C) groups is 1. The number of benzene rings is 2. The van der Waals surface area contributed by atoms with Crippen LogP contribution in [-0.2, 0) is 22.4 Å². The van der Waals surface area contributed by atoms with Crippen LogP contribution in [0.2, 0.25) is 0 Å². The maximum atomic E-state index is 13.0. The van der Waals surface area contributed by atoms with Gasteiger partial charge in [-0.3, -0.25) is 4.99 Å². The summed E-state index contributed by atoms with van der Waals surface area (Å²) in [6.45, 7) is 9.24. The highest BCUT2D eigenvalue weighted by Gasteiger charge is 2.19. The van der Waals surface area contributed by atoms with Crippen LogP contribution in [0.25, 0.3) is 0 Å². The lowest BCUT2D eigenvalue weighted by molar-refractivity contribution is -0.145. The minimum atomic E-state index is -0.576. The Kier molecular flexibility index (Phi) is 15.5. The predicted octanol–water partition coefficient (Wildman–Crippen LogP) is 8.84. The molecule has 2 aromatic rings. The van der Waals surface area contributed by atoms with Crippen molar-refractivity contribution in [1.82, 2.24) is 0 Å². The number of carbonyl (C=O) groups is 1. The van der Waals surface area contributed by atoms with Gasteiger partial charge in [-0.05, 0) is 53.5 Å². The van der Waals surface area contributed by atoms with E-state index in [1.165, 1.54) is 62.5 Å². The lowest BCUT2D eigenvalue weighted by Gasteiger charge is -2.14. The fourth-order valence-electron chi connectivity index (χ4n) is 4.62. The van der Waals surface area contributed by atoms with Gasteiger partial charge in [0.15, 0.2) is 6.04 Å². The van der Waals surface area contributed by atoms with Gasteiger partial charge >= 0.3 is 5.97 Å². The Hall–Kier alpha value is -2.62. The number of ether oxygens (including phenoxy) is 1. The molecule has 4 heteroatoms. The van der Waals surface area contributed by atoms with Crippen LogP contribution in [0.3, 0.4) is 0 Å². The fourth-order valence-corrected chi connectivity index (χ4v) is 4.62. The standard InChI is InChI=1S/C34H51NO3/c1-5-6-7-8-9-10-11-12-13-14-23-38-34(37)33(25-30-17-21-32(36)22-18-30)35-26-28(4)24-29-15-19-31(20-16-29)27(2)3/h15-22,26-28,33,36H,5-14,23-25H2,1-4H3. The first-order valence-electron chi connectivity index (χ1n) is 15.0. The van der Waals surface area contributed by atoms with Crippen molar-refractivity contribution in [3.05, 3.63) is 65.2 Å². The summed E-state index contributed by atoms with van der Waals surface area (Å²) in [4.78, 5) is 17.7. The number of hydrogen-bond acceptors (Lipinski definition) is 4. The number of esters is 1. The third-order valence-electron chi connectivity index (χ3n) is 7.10. The first kappa shape index (κ1) is 31.6. The second-order valence-electron chi connectivity index (χ2n) is 11.1. The lowest BCUT2D eigenvalue weighted by Crippen LogP contribution is -2.25. The van der Waals surface area contributed by atoms with Crippen LogP contribution >= 0.6 is 0 Å². The maximum absolute atomic E-state index is 13.0. The van der Waals surface area contributed by atoms with Crippen molar-refractivity contribution in [2.24, 2.45) is 10.9 Å². The monoisotopic (exact) mass is 521 g/mol. The predicted molar refractivity (Wildman–Crippen MR) is 160 cm³/mol. The second kappa shape index (κ2) is 18.6. The molecule has 0 heterocycles. The van der Waals surface area contributed by atoms with Gasteiger partial charge in [0.05, 0.1) is 6.61 Å². The molecule has 0 bridgehead atoms. The summed E-state index contributed by atoms with van der Waals surface area (Å²) in [5.74, 6) is 0.681. The molecule has 1 N–H and O–H groups in total. The van der Waals surface area contributed by atoms with Crippen molar-refractivity contribution in [2.45, 2.75) is 117 Å². The zero-order valence-corrected chi connectivity index (χ0v) is 24.3. The SMILES string of the molecule is CCCCCCCCCCCCOC(=O)C(Cc1ccc(O)cc1)N=CC(C)Cc1ccc(C(C)C)cc1. The van der Waals surface area contributed by atoms with Gasteiger partial charge in [0.1, 0.15) is 5.75 Å². The molecule has 0 radical (unpaired) electrons. The molecule has 210 valence electrons. The molecule has 0 aliphatic rings. The van der Waals surface area contributed by atoms with Gasteiger partial charge in [0, 0.05) is 12.6 Å². The minimum absolute atomic E-state index is 0.206. The Morgan fingerprint density at radius 3 is 1.89 bits per heavy atom. The van der Waals surface area contributed by atoms with E-state index in [9.17, 15) is 9.90 Å².